The van der Waals surface area contributed by atoms with Crippen molar-refractivity contribution < 1.29 is 4.79 Å². The van der Waals surface area contributed by atoms with E-state index >= 15 is 0 Å². The van der Waals surface area contributed by atoms with E-state index in [9.17, 15) is 10.1 Å². The maximum atomic E-state index is 12.2. The SMILES string of the molecule is N#Cc1cnn(-c2ccccn2)c1NC(=O)c1ccccn1. The molecule has 0 aliphatic carbocycles. The molecule has 0 saturated carbocycles. The molecule has 3 rings (SSSR count). The fourth-order valence-corrected chi connectivity index (χ4v) is 1.87. The molecule has 7 heteroatoms. The molecule has 0 radical (unpaired) electrons. The van der Waals surface area contributed by atoms with Gasteiger partial charge < -0.3 is 5.32 Å². The molecule has 3 aromatic heterocycles. The maximum absolute atomic E-state index is 12.2. The van der Waals surface area contributed by atoms with Gasteiger partial charge in [-0.05, 0) is 24.3 Å². The standard InChI is InChI=1S/C15H10N6O/c16-9-11-10-19-21(13-6-2-4-8-18-13)14(11)20-15(22)12-5-1-3-7-17-12/h1-8,10H,(H,20,22). The molecule has 0 aliphatic heterocycles. The molecule has 0 fully saturated rings. The number of carbonyl (C=O) groups is 1. The Labute approximate surface area is 125 Å². The van der Waals surface area contributed by atoms with Crippen LogP contribution in [0.5, 0.6) is 0 Å². The molecule has 7 nitrogen and oxygen atoms in total. The van der Waals surface area contributed by atoms with Gasteiger partial charge in [-0.1, -0.05) is 12.1 Å². The molecule has 0 bridgehead atoms. The summed E-state index contributed by atoms with van der Waals surface area (Å²) >= 11 is 0. The van der Waals surface area contributed by atoms with Crippen molar-refractivity contribution in [2.75, 3.05) is 5.32 Å². The summed E-state index contributed by atoms with van der Waals surface area (Å²) in [7, 11) is 0. The third-order valence-electron chi connectivity index (χ3n) is 2.89. The monoisotopic (exact) mass is 290 g/mol. The summed E-state index contributed by atoms with van der Waals surface area (Å²) in [6.07, 6.45) is 4.51. The first-order valence-electron chi connectivity index (χ1n) is 6.41. The average Bonchev–Trinajstić information content (AvgIpc) is 2.99. The maximum Gasteiger partial charge on any atom is 0.275 e. The highest BCUT2D eigenvalue weighted by atomic mass is 16.2. The number of nitrogens with one attached hydrogen (secondary N) is 1. The van der Waals surface area contributed by atoms with Crippen molar-refractivity contribution >= 4 is 11.7 Å². The summed E-state index contributed by atoms with van der Waals surface area (Å²) in [5, 5.41) is 15.9. The summed E-state index contributed by atoms with van der Waals surface area (Å²) in [6.45, 7) is 0. The smallest absolute Gasteiger partial charge is 0.275 e. The van der Waals surface area contributed by atoms with Gasteiger partial charge in [0.05, 0.1) is 6.20 Å². The number of hydrogen-bond donors (Lipinski definition) is 1. The normalized spacial score (nSPS) is 9.95. The Kier molecular flexibility index (Phi) is 3.58. The van der Waals surface area contributed by atoms with Gasteiger partial charge in [0, 0.05) is 12.4 Å². The lowest BCUT2D eigenvalue weighted by molar-refractivity contribution is 0.102. The highest BCUT2D eigenvalue weighted by Gasteiger charge is 2.17. The van der Waals surface area contributed by atoms with Crippen molar-refractivity contribution in [3.8, 4) is 11.9 Å². The van der Waals surface area contributed by atoms with Crippen molar-refractivity contribution in [1.29, 1.82) is 5.26 Å². The molecule has 0 aromatic carbocycles. The summed E-state index contributed by atoms with van der Waals surface area (Å²) in [6, 6.07) is 12.3. The Morgan fingerprint density at radius 3 is 2.55 bits per heavy atom. The predicted octanol–water partition coefficient (Wildman–Crippen LogP) is 1.79. The third kappa shape index (κ3) is 2.53. The van der Waals surface area contributed by atoms with Gasteiger partial charge in [0.15, 0.2) is 11.6 Å². The van der Waals surface area contributed by atoms with Crippen LogP contribution in [0, 0.1) is 11.3 Å². The van der Waals surface area contributed by atoms with Crippen LogP contribution < -0.4 is 5.32 Å². The Morgan fingerprint density at radius 1 is 1.14 bits per heavy atom. The molecule has 3 aromatic rings. The second-order valence-electron chi connectivity index (χ2n) is 4.29. The number of hydrogen-bond acceptors (Lipinski definition) is 5. The molecular weight excluding hydrogens is 280 g/mol. The summed E-state index contributed by atoms with van der Waals surface area (Å²) in [5.74, 6) is 0.340. The fourth-order valence-electron chi connectivity index (χ4n) is 1.87. The lowest BCUT2D eigenvalue weighted by Crippen LogP contribution is -2.17. The van der Waals surface area contributed by atoms with E-state index in [4.69, 9.17) is 0 Å². The average molecular weight is 290 g/mol. The van der Waals surface area contributed by atoms with Crippen LogP contribution in [0.1, 0.15) is 16.1 Å². The number of rotatable bonds is 3. The van der Waals surface area contributed by atoms with E-state index in [2.05, 4.69) is 20.4 Å². The third-order valence-corrected chi connectivity index (χ3v) is 2.89. The van der Waals surface area contributed by atoms with E-state index < -0.39 is 5.91 Å². The first-order valence-corrected chi connectivity index (χ1v) is 6.41. The summed E-state index contributed by atoms with van der Waals surface area (Å²) in [5.41, 5.74) is 0.495. The zero-order valence-electron chi connectivity index (χ0n) is 11.3. The Morgan fingerprint density at radius 2 is 1.91 bits per heavy atom. The molecule has 106 valence electrons. The number of anilines is 1. The quantitative estimate of drug-likeness (QED) is 0.793. The summed E-state index contributed by atoms with van der Waals surface area (Å²) in [4.78, 5) is 20.4. The highest BCUT2D eigenvalue weighted by molar-refractivity contribution is 6.03. The van der Waals surface area contributed by atoms with Crippen molar-refractivity contribution in [3.63, 3.8) is 0 Å². The van der Waals surface area contributed by atoms with Crippen LogP contribution >= 0.6 is 0 Å². The Bertz CT molecular complexity index is 835. The van der Waals surface area contributed by atoms with Gasteiger partial charge in [-0.25, -0.2) is 4.98 Å². The number of pyridine rings is 2. The molecule has 0 saturated heterocycles. The first kappa shape index (κ1) is 13.5. The lowest BCUT2D eigenvalue weighted by atomic mass is 10.3. The Balaban J connectivity index is 1.98. The number of carbonyl (C=O) groups excluding carboxylic acids is 1. The second kappa shape index (κ2) is 5.85. The van der Waals surface area contributed by atoms with Gasteiger partial charge >= 0.3 is 0 Å². The van der Waals surface area contributed by atoms with E-state index in [-0.39, 0.29) is 17.1 Å². The van der Waals surface area contributed by atoms with Crippen LogP contribution in [0.15, 0.2) is 55.0 Å². The molecule has 1 amide bonds. The van der Waals surface area contributed by atoms with Crippen LogP contribution in [0.3, 0.4) is 0 Å². The Hall–Kier alpha value is -3.53. The lowest BCUT2D eigenvalue weighted by Gasteiger charge is -2.08. The van der Waals surface area contributed by atoms with Gasteiger partial charge in [0.25, 0.3) is 5.91 Å². The largest absolute Gasteiger partial charge is 0.304 e. The van der Waals surface area contributed by atoms with E-state index in [1.807, 2.05) is 6.07 Å². The zero-order chi connectivity index (χ0) is 15.4. The number of nitrogens with zero attached hydrogens (tertiary/aromatic N) is 5. The molecule has 0 unspecified atom stereocenters. The molecule has 22 heavy (non-hydrogen) atoms. The number of nitriles is 1. The van der Waals surface area contributed by atoms with Gasteiger partial charge in [0.2, 0.25) is 0 Å². The van der Waals surface area contributed by atoms with E-state index in [0.717, 1.165) is 0 Å². The van der Waals surface area contributed by atoms with Gasteiger partial charge in [-0.3, -0.25) is 9.78 Å². The number of amides is 1. The molecule has 3 heterocycles. The van der Waals surface area contributed by atoms with Crippen LogP contribution in [-0.2, 0) is 0 Å². The van der Waals surface area contributed by atoms with E-state index in [0.29, 0.717) is 5.82 Å². The van der Waals surface area contributed by atoms with Crippen molar-refractivity contribution in [1.82, 2.24) is 19.7 Å². The summed E-state index contributed by atoms with van der Waals surface area (Å²) < 4.78 is 1.40. The molecule has 0 spiro atoms. The van der Waals surface area contributed by atoms with Gasteiger partial charge in [0.1, 0.15) is 17.3 Å². The first-order chi connectivity index (χ1) is 10.8. The van der Waals surface area contributed by atoms with Crippen LogP contribution in [0.2, 0.25) is 0 Å². The minimum Gasteiger partial charge on any atom is -0.304 e. The second-order valence-corrected chi connectivity index (χ2v) is 4.29. The minimum absolute atomic E-state index is 0.245. The molecular formula is C15H10N6O. The molecule has 1 N–H and O–H groups in total. The van der Waals surface area contributed by atoms with Crippen LogP contribution in [-0.4, -0.2) is 25.7 Å². The zero-order valence-corrected chi connectivity index (χ0v) is 11.3. The van der Waals surface area contributed by atoms with Crippen molar-refractivity contribution in [2.24, 2.45) is 0 Å². The number of aromatic nitrogens is 4. The van der Waals surface area contributed by atoms with Gasteiger partial charge in [-0.2, -0.15) is 15.0 Å². The van der Waals surface area contributed by atoms with Gasteiger partial charge in [-0.15, -0.1) is 0 Å². The van der Waals surface area contributed by atoms with Crippen LogP contribution in [0.25, 0.3) is 5.82 Å². The van der Waals surface area contributed by atoms with Crippen molar-refractivity contribution in [2.45, 2.75) is 0 Å². The minimum atomic E-state index is -0.421. The highest BCUT2D eigenvalue weighted by Crippen LogP contribution is 2.18. The van der Waals surface area contributed by atoms with Crippen LogP contribution in [0.4, 0.5) is 5.82 Å². The van der Waals surface area contributed by atoms with E-state index in [1.54, 1.807) is 42.6 Å². The van der Waals surface area contributed by atoms with Crippen molar-refractivity contribution in [3.05, 3.63) is 66.2 Å². The molecule has 0 atom stereocenters. The topological polar surface area (TPSA) is 96.5 Å². The fraction of sp³-hybridized carbons (Fsp3) is 0. The van der Waals surface area contributed by atoms with E-state index in [1.165, 1.54) is 17.1 Å². The molecule has 0 aliphatic rings. The predicted molar refractivity (Wildman–Crippen MR) is 78.3 cm³/mol.